The van der Waals surface area contributed by atoms with Gasteiger partial charge in [0.1, 0.15) is 0 Å². The maximum Gasteiger partial charge on any atom is 0.237 e. The molecular weight excluding hydrogens is 176 g/mol. The van der Waals surface area contributed by atoms with E-state index in [-0.39, 0.29) is 11.9 Å². The van der Waals surface area contributed by atoms with Crippen molar-refractivity contribution in [2.75, 3.05) is 19.6 Å². The highest BCUT2D eigenvalue weighted by Crippen LogP contribution is 2.09. The predicted octanol–water partition coefficient (Wildman–Crippen LogP) is 0.610. The minimum Gasteiger partial charge on any atom is -0.353 e. The van der Waals surface area contributed by atoms with E-state index in [2.05, 4.69) is 16.1 Å². The van der Waals surface area contributed by atoms with Gasteiger partial charge in [-0.05, 0) is 19.4 Å². The van der Waals surface area contributed by atoms with Crippen LogP contribution in [0.15, 0.2) is 0 Å². The molecule has 3 nitrogen and oxygen atoms in total. The Labute approximate surface area is 85.9 Å². The number of carbonyl (C=O) groups is 1. The lowest BCUT2D eigenvalue weighted by molar-refractivity contribution is -0.129. The Hall–Kier alpha value is -1.01. The first-order chi connectivity index (χ1) is 6.79. The molecule has 1 aliphatic rings. The highest BCUT2D eigenvalue weighted by atomic mass is 16.2. The molecule has 0 aromatic carbocycles. The van der Waals surface area contributed by atoms with E-state index in [4.69, 9.17) is 6.42 Å². The first-order valence-corrected chi connectivity index (χ1v) is 5.24. The summed E-state index contributed by atoms with van der Waals surface area (Å²) in [6, 6.07) is 0.0570. The lowest BCUT2D eigenvalue weighted by Crippen LogP contribution is -2.55. The van der Waals surface area contributed by atoms with Crippen molar-refractivity contribution in [2.45, 2.75) is 32.2 Å². The Morgan fingerprint density at radius 1 is 1.71 bits per heavy atom. The van der Waals surface area contributed by atoms with Gasteiger partial charge in [0.05, 0.1) is 6.04 Å². The van der Waals surface area contributed by atoms with Crippen molar-refractivity contribution in [3.63, 3.8) is 0 Å². The number of hydrogen-bond donors (Lipinski definition) is 1. The Morgan fingerprint density at radius 2 is 2.50 bits per heavy atom. The smallest absolute Gasteiger partial charge is 0.237 e. The van der Waals surface area contributed by atoms with Crippen molar-refractivity contribution >= 4 is 5.91 Å². The van der Waals surface area contributed by atoms with E-state index in [0.717, 1.165) is 38.9 Å². The molecule has 0 spiro atoms. The summed E-state index contributed by atoms with van der Waals surface area (Å²) in [4.78, 5) is 13.7. The minimum absolute atomic E-state index is 0.0570. The summed E-state index contributed by atoms with van der Waals surface area (Å²) in [6.45, 7) is 4.71. The molecule has 1 heterocycles. The van der Waals surface area contributed by atoms with Gasteiger partial charge in [0.2, 0.25) is 5.91 Å². The quantitative estimate of drug-likeness (QED) is 0.525. The third-order valence-electron chi connectivity index (χ3n) is 2.59. The van der Waals surface area contributed by atoms with Crippen LogP contribution in [0.5, 0.6) is 0 Å². The van der Waals surface area contributed by atoms with Crippen LogP contribution in [0, 0.1) is 12.3 Å². The molecule has 1 saturated heterocycles. The zero-order valence-corrected chi connectivity index (χ0v) is 8.75. The van der Waals surface area contributed by atoms with Gasteiger partial charge in [-0.3, -0.25) is 9.69 Å². The van der Waals surface area contributed by atoms with E-state index in [1.54, 1.807) is 0 Å². The summed E-state index contributed by atoms with van der Waals surface area (Å²) in [5.74, 6) is 2.79. The van der Waals surface area contributed by atoms with Gasteiger partial charge in [0.15, 0.2) is 0 Å². The standard InChI is InChI=1S/C11H18N2O/c1-3-5-6-8-13-9-7-12-11(14)10(13)4-2/h1,10H,4-9H2,2H3,(H,12,14). The molecule has 3 heteroatoms. The van der Waals surface area contributed by atoms with Crippen molar-refractivity contribution in [2.24, 2.45) is 0 Å². The van der Waals surface area contributed by atoms with Crippen LogP contribution < -0.4 is 5.32 Å². The molecule has 0 bridgehead atoms. The number of nitrogens with zero attached hydrogens (tertiary/aromatic N) is 1. The second-order valence-corrected chi connectivity index (χ2v) is 3.56. The number of hydrogen-bond acceptors (Lipinski definition) is 2. The SMILES string of the molecule is C#CCCCN1CCNC(=O)C1CC. The van der Waals surface area contributed by atoms with Gasteiger partial charge in [-0.25, -0.2) is 0 Å². The number of rotatable bonds is 4. The fourth-order valence-electron chi connectivity index (χ4n) is 1.86. The lowest BCUT2D eigenvalue weighted by Gasteiger charge is -2.34. The van der Waals surface area contributed by atoms with E-state index in [1.165, 1.54) is 0 Å². The highest BCUT2D eigenvalue weighted by Gasteiger charge is 2.26. The second-order valence-electron chi connectivity index (χ2n) is 3.56. The van der Waals surface area contributed by atoms with Crippen LogP contribution in [-0.4, -0.2) is 36.5 Å². The molecule has 0 saturated carbocycles. The molecule has 1 aliphatic heterocycles. The summed E-state index contributed by atoms with van der Waals surface area (Å²) in [6.07, 6.45) is 7.85. The summed E-state index contributed by atoms with van der Waals surface area (Å²) >= 11 is 0. The number of terminal acetylenes is 1. The molecule has 1 amide bonds. The number of unbranched alkanes of at least 4 members (excludes halogenated alkanes) is 1. The van der Waals surface area contributed by atoms with Crippen LogP contribution in [0.3, 0.4) is 0 Å². The fourth-order valence-corrected chi connectivity index (χ4v) is 1.86. The molecule has 1 unspecified atom stereocenters. The summed E-state index contributed by atoms with van der Waals surface area (Å²) in [5.41, 5.74) is 0. The maximum atomic E-state index is 11.5. The van der Waals surface area contributed by atoms with Crippen LogP contribution in [0.1, 0.15) is 26.2 Å². The number of carbonyl (C=O) groups excluding carboxylic acids is 1. The van der Waals surface area contributed by atoms with E-state index in [1.807, 2.05) is 6.92 Å². The summed E-state index contributed by atoms with van der Waals surface area (Å²) in [5, 5.41) is 2.88. The molecule has 0 radical (unpaired) electrons. The third kappa shape index (κ3) is 2.74. The van der Waals surface area contributed by atoms with Crippen LogP contribution in [-0.2, 0) is 4.79 Å². The normalized spacial score (nSPS) is 22.9. The molecular formula is C11H18N2O. The minimum atomic E-state index is 0.0570. The maximum absolute atomic E-state index is 11.5. The van der Waals surface area contributed by atoms with Gasteiger partial charge in [-0.1, -0.05) is 6.92 Å². The zero-order chi connectivity index (χ0) is 10.4. The van der Waals surface area contributed by atoms with E-state index in [9.17, 15) is 4.79 Å². The molecule has 0 aliphatic carbocycles. The van der Waals surface area contributed by atoms with Gasteiger partial charge in [0, 0.05) is 19.5 Å². The van der Waals surface area contributed by atoms with E-state index >= 15 is 0 Å². The van der Waals surface area contributed by atoms with Crippen LogP contribution in [0.2, 0.25) is 0 Å². The monoisotopic (exact) mass is 194 g/mol. The molecule has 1 rings (SSSR count). The molecule has 14 heavy (non-hydrogen) atoms. The third-order valence-corrected chi connectivity index (χ3v) is 2.59. The largest absolute Gasteiger partial charge is 0.353 e. The zero-order valence-electron chi connectivity index (χ0n) is 8.75. The van der Waals surface area contributed by atoms with Crippen molar-refractivity contribution in [1.29, 1.82) is 0 Å². The summed E-state index contributed by atoms with van der Waals surface area (Å²) < 4.78 is 0. The van der Waals surface area contributed by atoms with Gasteiger partial charge in [-0.15, -0.1) is 12.3 Å². The van der Waals surface area contributed by atoms with Gasteiger partial charge in [-0.2, -0.15) is 0 Å². The van der Waals surface area contributed by atoms with Crippen molar-refractivity contribution in [1.82, 2.24) is 10.2 Å². The predicted molar refractivity (Wildman–Crippen MR) is 56.7 cm³/mol. The topological polar surface area (TPSA) is 32.3 Å². The van der Waals surface area contributed by atoms with E-state index < -0.39 is 0 Å². The first-order valence-electron chi connectivity index (χ1n) is 5.24. The first kappa shape index (κ1) is 11.1. The average molecular weight is 194 g/mol. The van der Waals surface area contributed by atoms with E-state index in [0.29, 0.717) is 0 Å². The average Bonchev–Trinajstić information content (AvgIpc) is 2.18. The van der Waals surface area contributed by atoms with Gasteiger partial charge < -0.3 is 5.32 Å². The van der Waals surface area contributed by atoms with Crippen molar-refractivity contribution < 1.29 is 4.79 Å². The molecule has 0 aromatic heterocycles. The Bertz CT molecular complexity index is 232. The van der Waals surface area contributed by atoms with Crippen LogP contribution >= 0.6 is 0 Å². The second kappa shape index (κ2) is 5.66. The van der Waals surface area contributed by atoms with Crippen molar-refractivity contribution in [3.8, 4) is 12.3 Å². The Kier molecular flexibility index (Phi) is 4.48. The molecule has 1 fully saturated rings. The lowest BCUT2D eigenvalue weighted by atomic mass is 10.1. The van der Waals surface area contributed by atoms with Crippen LogP contribution in [0.25, 0.3) is 0 Å². The van der Waals surface area contributed by atoms with Crippen LogP contribution in [0.4, 0.5) is 0 Å². The number of amides is 1. The number of piperazine rings is 1. The Morgan fingerprint density at radius 3 is 3.14 bits per heavy atom. The molecule has 0 aromatic rings. The van der Waals surface area contributed by atoms with Crippen molar-refractivity contribution in [3.05, 3.63) is 0 Å². The highest BCUT2D eigenvalue weighted by molar-refractivity contribution is 5.82. The molecule has 1 atom stereocenters. The number of nitrogens with one attached hydrogen (secondary N) is 1. The molecule has 1 N–H and O–H groups in total. The van der Waals surface area contributed by atoms with Gasteiger partial charge >= 0.3 is 0 Å². The Balaban J connectivity index is 2.40. The molecule has 78 valence electrons. The summed E-state index contributed by atoms with van der Waals surface area (Å²) in [7, 11) is 0. The fraction of sp³-hybridized carbons (Fsp3) is 0.727. The van der Waals surface area contributed by atoms with Gasteiger partial charge in [0.25, 0.3) is 0 Å².